The van der Waals surface area contributed by atoms with Gasteiger partial charge in [-0.2, -0.15) is 0 Å². The Balaban J connectivity index is 3.22. The van der Waals surface area contributed by atoms with Crippen molar-refractivity contribution in [2.45, 2.75) is 39.5 Å². The summed E-state index contributed by atoms with van der Waals surface area (Å²) < 4.78 is 0. The summed E-state index contributed by atoms with van der Waals surface area (Å²) in [5.41, 5.74) is 8.29. The van der Waals surface area contributed by atoms with Crippen LogP contribution in [0.2, 0.25) is 0 Å². The molecule has 1 unspecified atom stereocenters. The van der Waals surface area contributed by atoms with Crippen molar-refractivity contribution in [2.75, 3.05) is 5.73 Å². The lowest BCUT2D eigenvalue weighted by molar-refractivity contribution is -0.140. The number of carbonyl (C=O) groups is 1. The van der Waals surface area contributed by atoms with Crippen LogP contribution >= 0.6 is 0 Å². The van der Waals surface area contributed by atoms with Gasteiger partial charge in [0.05, 0.1) is 5.92 Å². The Labute approximate surface area is 103 Å². The number of nitrogens with two attached hydrogens (primary N) is 1. The third-order valence-corrected chi connectivity index (χ3v) is 3.36. The van der Waals surface area contributed by atoms with E-state index in [0.717, 1.165) is 24.0 Å². The minimum Gasteiger partial charge on any atom is -0.481 e. The lowest BCUT2D eigenvalue weighted by Gasteiger charge is -2.23. The second kappa shape index (κ2) is 5.71. The number of rotatable bonds is 5. The molecule has 0 spiro atoms. The Morgan fingerprint density at radius 1 is 1.35 bits per heavy atom. The van der Waals surface area contributed by atoms with E-state index < -0.39 is 11.9 Å². The zero-order chi connectivity index (χ0) is 13.0. The van der Waals surface area contributed by atoms with Crippen molar-refractivity contribution in [1.82, 2.24) is 0 Å². The lowest BCUT2D eigenvalue weighted by Crippen LogP contribution is -2.22. The molecule has 0 radical (unpaired) electrons. The van der Waals surface area contributed by atoms with Crippen molar-refractivity contribution in [1.29, 1.82) is 0 Å². The summed E-state index contributed by atoms with van der Waals surface area (Å²) in [6.45, 7) is 6.00. The summed E-state index contributed by atoms with van der Waals surface area (Å²) in [6, 6.07) is 5.60. The van der Waals surface area contributed by atoms with E-state index in [9.17, 15) is 9.90 Å². The highest BCUT2D eigenvalue weighted by Gasteiger charge is 2.28. The molecular weight excluding hydrogens is 214 g/mol. The third kappa shape index (κ3) is 2.99. The molecule has 3 N–H and O–H groups in total. The van der Waals surface area contributed by atoms with Crippen LogP contribution < -0.4 is 5.73 Å². The van der Waals surface area contributed by atoms with Crippen LogP contribution in [0.3, 0.4) is 0 Å². The molecule has 94 valence electrons. The quantitative estimate of drug-likeness (QED) is 0.770. The molecule has 17 heavy (non-hydrogen) atoms. The van der Waals surface area contributed by atoms with E-state index in [0.29, 0.717) is 5.69 Å². The molecule has 3 heteroatoms. The van der Waals surface area contributed by atoms with Crippen molar-refractivity contribution in [2.24, 2.45) is 5.92 Å². The van der Waals surface area contributed by atoms with Gasteiger partial charge in [-0.25, -0.2) is 0 Å². The van der Waals surface area contributed by atoms with Gasteiger partial charge in [0.15, 0.2) is 0 Å². The van der Waals surface area contributed by atoms with Gasteiger partial charge in [-0.15, -0.1) is 0 Å². The van der Waals surface area contributed by atoms with Crippen molar-refractivity contribution in [3.8, 4) is 0 Å². The van der Waals surface area contributed by atoms with E-state index in [2.05, 4.69) is 0 Å². The fraction of sp³-hybridized carbons (Fsp3) is 0.500. The Morgan fingerprint density at radius 3 is 2.41 bits per heavy atom. The molecule has 1 aromatic carbocycles. The first-order valence-corrected chi connectivity index (χ1v) is 6.10. The molecule has 3 nitrogen and oxygen atoms in total. The highest BCUT2D eigenvalue weighted by atomic mass is 16.4. The number of nitrogen functional groups attached to an aromatic ring is 1. The Kier molecular flexibility index (Phi) is 4.55. The monoisotopic (exact) mass is 235 g/mol. The van der Waals surface area contributed by atoms with Crippen LogP contribution in [-0.4, -0.2) is 11.1 Å². The summed E-state index contributed by atoms with van der Waals surface area (Å²) in [5, 5.41) is 9.42. The van der Waals surface area contributed by atoms with Gasteiger partial charge in [0.2, 0.25) is 0 Å². The number of aryl methyl sites for hydroxylation is 1. The Hall–Kier alpha value is -1.51. The van der Waals surface area contributed by atoms with Crippen molar-refractivity contribution in [3.05, 3.63) is 29.3 Å². The van der Waals surface area contributed by atoms with E-state index >= 15 is 0 Å². The SMILES string of the molecule is CCC(CC)C(C(=O)O)c1cc(C)ccc1N. The summed E-state index contributed by atoms with van der Waals surface area (Å²) in [6.07, 6.45) is 1.70. The normalized spacial score (nSPS) is 12.7. The predicted octanol–water partition coefficient (Wildman–Crippen LogP) is 3.18. The van der Waals surface area contributed by atoms with Gasteiger partial charge in [0.25, 0.3) is 0 Å². The second-order valence-electron chi connectivity index (χ2n) is 4.52. The molecule has 0 aliphatic heterocycles. The minimum atomic E-state index is -0.781. The van der Waals surface area contributed by atoms with E-state index in [1.165, 1.54) is 0 Å². The van der Waals surface area contributed by atoms with Crippen LogP contribution in [0.1, 0.15) is 43.7 Å². The predicted molar refractivity (Wildman–Crippen MR) is 70.0 cm³/mol. The van der Waals surface area contributed by atoms with Crippen LogP contribution in [0.25, 0.3) is 0 Å². The van der Waals surface area contributed by atoms with Crippen LogP contribution in [0.15, 0.2) is 18.2 Å². The first-order valence-electron chi connectivity index (χ1n) is 6.10. The van der Waals surface area contributed by atoms with Gasteiger partial charge in [-0.05, 0) is 24.5 Å². The van der Waals surface area contributed by atoms with Crippen molar-refractivity contribution < 1.29 is 9.90 Å². The van der Waals surface area contributed by atoms with Crippen LogP contribution in [0, 0.1) is 12.8 Å². The van der Waals surface area contributed by atoms with E-state index in [1.807, 2.05) is 32.9 Å². The van der Waals surface area contributed by atoms with Crippen molar-refractivity contribution in [3.63, 3.8) is 0 Å². The summed E-state index contributed by atoms with van der Waals surface area (Å²) in [7, 11) is 0. The minimum absolute atomic E-state index is 0.136. The number of anilines is 1. The number of hydrogen-bond acceptors (Lipinski definition) is 2. The standard InChI is InChI=1S/C14H21NO2/c1-4-10(5-2)13(14(16)17)11-8-9(3)6-7-12(11)15/h6-8,10,13H,4-5,15H2,1-3H3,(H,16,17). The summed E-state index contributed by atoms with van der Waals surface area (Å²) >= 11 is 0. The second-order valence-corrected chi connectivity index (χ2v) is 4.52. The molecular formula is C14H21NO2. The maximum atomic E-state index is 11.5. The van der Waals surface area contributed by atoms with Crippen LogP contribution in [-0.2, 0) is 4.79 Å². The average molecular weight is 235 g/mol. The van der Waals surface area contributed by atoms with Gasteiger partial charge in [-0.3, -0.25) is 4.79 Å². The fourth-order valence-electron chi connectivity index (χ4n) is 2.31. The molecule has 0 aromatic heterocycles. The van der Waals surface area contributed by atoms with E-state index in [-0.39, 0.29) is 5.92 Å². The molecule has 1 aromatic rings. The number of carboxylic acids is 1. The largest absolute Gasteiger partial charge is 0.481 e. The zero-order valence-corrected chi connectivity index (χ0v) is 10.7. The maximum absolute atomic E-state index is 11.5. The molecule has 1 atom stereocenters. The molecule has 0 saturated heterocycles. The number of aliphatic carboxylic acids is 1. The Morgan fingerprint density at radius 2 is 1.94 bits per heavy atom. The smallest absolute Gasteiger partial charge is 0.311 e. The van der Waals surface area contributed by atoms with Crippen LogP contribution in [0.4, 0.5) is 5.69 Å². The third-order valence-electron chi connectivity index (χ3n) is 3.36. The summed E-state index contributed by atoms with van der Waals surface area (Å²) in [4.78, 5) is 11.5. The van der Waals surface area contributed by atoms with Gasteiger partial charge in [0.1, 0.15) is 0 Å². The lowest BCUT2D eigenvalue weighted by atomic mass is 9.81. The fourth-order valence-corrected chi connectivity index (χ4v) is 2.31. The molecule has 0 aliphatic rings. The zero-order valence-electron chi connectivity index (χ0n) is 10.7. The molecule has 1 rings (SSSR count). The van der Waals surface area contributed by atoms with E-state index in [1.54, 1.807) is 6.07 Å². The molecule has 0 amide bonds. The average Bonchev–Trinajstić information content (AvgIpc) is 2.29. The number of hydrogen-bond donors (Lipinski definition) is 2. The van der Waals surface area contributed by atoms with Gasteiger partial charge >= 0.3 is 5.97 Å². The van der Waals surface area contributed by atoms with Gasteiger partial charge in [0, 0.05) is 5.69 Å². The first kappa shape index (κ1) is 13.6. The maximum Gasteiger partial charge on any atom is 0.311 e. The number of carboxylic acid groups (broad SMARTS) is 1. The van der Waals surface area contributed by atoms with Crippen molar-refractivity contribution >= 4 is 11.7 Å². The Bertz CT molecular complexity index is 397. The molecule has 0 saturated carbocycles. The molecule has 0 bridgehead atoms. The number of benzene rings is 1. The highest BCUT2D eigenvalue weighted by Crippen LogP contribution is 2.33. The topological polar surface area (TPSA) is 63.3 Å². The highest BCUT2D eigenvalue weighted by molar-refractivity contribution is 5.79. The molecule has 0 aliphatic carbocycles. The van der Waals surface area contributed by atoms with Gasteiger partial charge < -0.3 is 10.8 Å². The van der Waals surface area contributed by atoms with Gasteiger partial charge in [-0.1, -0.05) is 44.4 Å². The first-order chi connectivity index (χ1) is 8.01. The molecule has 0 heterocycles. The van der Waals surface area contributed by atoms with Crippen LogP contribution in [0.5, 0.6) is 0 Å². The van der Waals surface area contributed by atoms with E-state index in [4.69, 9.17) is 5.73 Å². The molecule has 0 fully saturated rings. The summed E-state index contributed by atoms with van der Waals surface area (Å²) in [5.74, 6) is -1.14.